The number of benzene rings is 2. The quantitative estimate of drug-likeness (QED) is 0.267. The second-order valence-electron chi connectivity index (χ2n) is 7.01. The van der Waals surface area contributed by atoms with Gasteiger partial charge in [-0.1, -0.05) is 0 Å². The summed E-state index contributed by atoms with van der Waals surface area (Å²) in [5, 5.41) is 25.3. The fraction of sp³-hybridized carbons (Fsp3) is 0.0952. The minimum atomic E-state index is -1.52. The highest BCUT2D eigenvalue weighted by Crippen LogP contribution is 2.40. The summed E-state index contributed by atoms with van der Waals surface area (Å²) in [6.07, 6.45) is 4.16. The number of pyridine rings is 2. The zero-order valence-corrected chi connectivity index (χ0v) is 16.0. The van der Waals surface area contributed by atoms with Crippen LogP contribution in [0.25, 0.3) is 31.8 Å². The molecule has 2 N–H and O–H groups in total. The van der Waals surface area contributed by atoms with Crippen molar-refractivity contribution in [3.8, 4) is 0 Å². The Balaban J connectivity index is 1.90. The van der Waals surface area contributed by atoms with E-state index >= 15 is 0 Å². The van der Waals surface area contributed by atoms with E-state index in [1.54, 1.807) is 31.2 Å². The van der Waals surface area contributed by atoms with Crippen molar-refractivity contribution in [1.29, 1.82) is 0 Å². The molecule has 2 aromatic carbocycles. The van der Waals surface area contributed by atoms with Crippen LogP contribution in [0, 0.1) is 11.0 Å². The van der Waals surface area contributed by atoms with Crippen molar-refractivity contribution in [1.82, 2.24) is 9.97 Å². The van der Waals surface area contributed by atoms with Gasteiger partial charge in [-0.15, -0.1) is 11.3 Å². The summed E-state index contributed by atoms with van der Waals surface area (Å²) >= 11 is 1.24. The molecule has 144 valence electrons. The SMILES string of the molecule is CC(O)(c1ccc[n+]([O-])c1)c1nc2c3ccc(F)cc3c3c(=O)[nH]ccc3c2s1. The number of aliphatic hydroxyl groups is 1. The van der Waals surface area contributed by atoms with Gasteiger partial charge in [-0.3, -0.25) is 4.79 Å². The molecular weight excluding hydrogens is 393 g/mol. The lowest BCUT2D eigenvalue weighted by Gasteiger charge is -2.19. The molecule has 0 aliphatic heterocycles. The van der Waals surface area contributed by atoms with Crippen LogP contribution in [0.5, 0.6) is 0 Å². The number of aromatic amines is 1. The molecule has 0 spiro atoms. The van der Waals surface area contributed by atoms with E-state index in [9.17, 15) is 19.5 Å². The second-order valence-corrected chi connectivity index (χ2v) is 8.01. The van der Waals surface area contributed by atoms with Crippen molar-refractivity contribution in [2.75, 3.05) is 0 Å². The topological polar surface area (TPSA) is 92.9 Å². The van der Waals surface area contributed by atoms with Crippen molar-refractivity contribution in [2.24, 2.45) is 0 Å². The van der Waals surface area contributed by atoms with Crippen LogP contribution in [0.3, 0.4) is 0 Å². The first-order valence-electron chi connectivity index (χ1n) is 8.81. The first-order chi connectivity index (χ1) is 13.9. The Hall–Kier alpha value is -3.36. The number of nitrogens with one attached hydrogen (secondary N) is 1. The zero-order chi connectivity index (χ0) is 20.3. The van der Waals surface area contributed by atoms with Crippen LogP contribution in [0.4, 0.5) is 4.39 Å². The van der Waals surface area contributed by atoms with E-state index in [1.807, 2.05) is 0 Å². The lowest BCUT2D eigenvalue weighted by Crippen LogP contribution is -2.30. The molecule has 1 unspecified atom stereocenters. The fourth-order valence-electron chi connectivity index (χ4n) is 3.62. The van der Waals surface area contributed by atoms with Gasteiger partial charge in [0.05, 0.1) is 21.2 Å². The number of hydrogen-bond acceptors (Lipinski definition) is 5. The van der Waals surface area contributed by atoms with Gasteiger partial charge in [-0.2, -0.15) is 4.73 Å². The molecule has 0 aliphatic carbocycles. The minimum absolute atomic E-state index is 0.322. The molecular formula is C21H14FN3O3S. The van der Waals surface area contributed by atoms with E-state index in [0.29, 0.717) is 47.1 Å². The number of thiazole rings is 1. The van der Waals surface area contributed by atoms with Gasteiger partial charge in [0.15, 0.2) is 12.4 Å². The lowest BCUT2D eigenvalue weighted by molar-refractivity contribution is -0.606. The van der Waals surface area contributed by atoms with Gasteiger partial charge in [-0.25, -0.2) is 9.37 Å². The number of hydrogen-bond donors (Lipinski definition) is 2. The zero-order valence-electron chi connectivity index (χ0n) is 15.1. The maximum Gasteiger partial charge on any atom is 0.256 e. The summed E-state index contributed by atoms with van der Waals surface area (Å²) in [6.45, 7) is 1.57. The molecule has 0 saturated carbocycles. The van der Waals surface area contributed by atoms with Gasteiger partial charge in [0.2, 0.25) is 0 Å². The summed E-state index contributed by atoms with van der Waals surface area (Å²) in [6, 6.07) is 9.17. The van der Waals surface area contributed by atoms with E-state index in [4.69, 9.17) is 0 Å². The standard InChI is InChI=1S/C21H14FN3O3S/c1-21(27,11-3-2-8-25(28)10-11)20-24-17-13-5-4-12(22)9-15(13)16-14(18(17)29-20)6-7-23-19(16)26/h2-10,27H,1H3,(H,23,26). The average molecular weight is 407 g/mol. The van der Waals surface area contributed by atoms with Gasteiger partial charge in [0, 0.05) is 28.4 Å². The molecule has 0 amide bonds. The number of nitrogens with zero attached hydrogens (tertiary/aromatic N) is 2. The van der Waals surface area contributed by atoms with E-state index < -0.39 is 11.4 Å². The predicted octanol–water partition coefficient (Wildman–Crippen LogP) is 3.32. The first kappa shape index (κ1) is 17.7. The van der Waals surface area contributed by atoms with Crippen LogP contribution in [0.2, 0.25) is 0 Å². The Kier molecular flexibility index (Phi) is 3.71. The largest absolute Gasteiger partial charge is 0.619 e. The van der Waals surface area contributed by atoms with Crippen LogP contribution in [-0.2, 0) is 5.60 Å². The van der Waals surface area contributed by atoms with Crippen molar-refractivity contribution in [2.45, 2.75) is 12.5 Å². The Labute approximate surface area is 167 Å². The monoisotopic (exact) mass is 407 g/mol. The molecule has 5 aromatic rings. The third kappa shape index (κ3) is 2.60. The highest BCUT2D eigenvalue weighted by Gasteiger charge is 2.32. The molecule has 3 aromatic heterocycles. The van der Waals surface area contributed by atoms with Gasteiger partial charge in [0.25, 0.3) is 5.56 Å². The minimum Gasteiger partial charge on any atom is -0.619 e. The molecule has 6 nitrogen and oxygen atoms in total. The highest BCUT2D eigenvalue weighted by atomic mass is 32.1. The molecule has 3 heterocycles. The van der Waals surface area contributed by atoms with E-state index in [0.717, 1.165) is 0 Å². The van der Waals surface area contributed by atoms with Gasteiger partial charge < -0.3 is 15.3 Å². The summed E-state index contributed by atoms with van der Waals surface area (Å²) in [5.41, 5.74) is -0.871. The van der Waals surface area contributed by atoms with Crippen LogP contribution in [-0.4, -0.2) is 15.1 Å². The Morgan fingerprint density at radius 2 is 2.07 bits per heavy atom. The van der Waals surface area contributed by atoms with Crippen LogP contribution in [0.1, 0.15) is 17.5 Å². The van der Waals surface area contributed by atoms with E-state index in [1.165, 1.54) is 42.1 Å². The summed E-state index contributed by atoms with van der Waals surface area (Å²) in [4.78, 5) is 19.8. The maximum absolute atomic E-state index is 13.9. The molecule has 1 atom stereocenters. The molecule has 0 fully saturated rings. The Morgan fingerprint density at radius 1 is 1.24 bits per heavy atom. The maximum atomic E-state index is 13.9. The molecule has 0 saturated heterocycles. The molecule has 8 heteroatoms. The third-order valence-electron chi connectivity index (χ3n) is 5.09. The normalized spacial score (nSPS) is 13.9. The highest BCUT2D eigenvalue weighted by molar-refractivity contribution is 7.20. The predicted molar refractivity (Wildman–Crippen MR) is 109 cm³/mol. The van der Waals surface area contributed by atoms with Crippen molar-refractivity contribution >= 4 is 43.1 Å². The fourth-order valence-corrected chi connectivity index (χ4v) is 4.80. The second kappa shape index (κ2) is 6.07. The number of halogens is 1. The number of fused-ring (bicyclic) bond motifs is 6. The summed E-state index contributed by atoms with van der Waals surface area (Å²) in [5.74, 6) is -0.451. The van der Waals surface area contributed by atoms with Gasteiger partial charge in [0.1, 0.15) is 16.4 Å². The van der Waals surface area contributed by atoms with Gasteiger partial charge >= 0.3 is 0 Å². The molecule has 0 radical (unpaired) electrons. The summed E-state index contributed by atoms with van der Waals surface area (Å²) in [7, 11) is 0. The Bertz CT molecular complexity index is 1490. The van der Waals surface area contributed by atoms with Crippen LogP contribution in [0.15, 0.2) is 59.8 Å². The summed E-state index contributed by atoms with van der Waals surface area (Å²) < 4.78 is 15.3. The first-order valence-corrected chi connectivity index (χ1v) is 9.63. The van der Waals surface area contributed by atoms with Crippen molar-refractivity contribution in [3.05, 3.63) is 86.9 Å². The van der Waals surface area contributed by atoms with E-state index in [2.05, 4.69) is 9.97 Å². The smallest absolute Gasteiger partial charge is 0.256 e. The van der Waals surface area contributed by atoms with Crippen molar-refractivity contribution < 1.29 is 14.2 Å². The van der Waals surface area contributed by atoms with Crippen molar-refractivity contribution in [3.63, 3.8) is 0 Å². The Morgan fingerprint density at radius 3 is 2.86 bits per heavy atom. The van der Waals surface area contributed by atoms with Crippen LogP contribution < -0.4 is 10.3 Å². The lowest BCUT2D eigenvalue weighted by atomic mass is 9.98. The molecule has 29 heavy (non-hydrogen) atoms. The third-order valence-corrected chi connectivity index (χ3v) is 6.39. The molecule has 0 bridgehead atoms. The number of rotatable bonds is 2. The number of aromatic nitrogens is 3. The van der Waals surface area contributed by atoms with E-state index in [-0.39, 0.29) is 5.56 Å². The molecule has 5 rings (SSSR count). The molecule has 0 aliphatic rings. The van der Waals surface area contributed by atoms with Gasteiger partial charge in [-0.05, 0) is 37.3 Å². The number of H-pyrrole nitrogens is 1. The average Bonchev–Trinajstić information content (AvgIpc) is 3.14. The van der Waals surface area contributed by atoms with Crippen LogP contribution >= 0.6 is 11.3 Å².